The molecule has 0 atom stereocenters. The summed E-state index contributed by atoms with van der Waals surface area (Å²) in [6.07, 6.45) is 2.72. The number of aromatic hydroxyl groups is 1. The van der Waals surface area contributed by atoms with Gasteiger partial charge in [0.15, 0.2) is 5.75 Å². The van der Waals surface area contributed by atoms with Crippen LogP contribution in [-0.2, 0) is 24.2 Å². The molecule has 1 aliphatic carbocycles. The van der Waals surface area contributed by atoms with E-state index in [4.69, 9.17) is 4.74 Å². The molecular weight excluding hydrogens is 350 g/mol. The molecule has 140 valence electrons. The number of aryl methyl sites for hydroxylation is 1. The molecule has 2 aromatic heterocycles. The Morgan fingerprint density at radius 2 is 2.15 bits per heavy atom. The zero-order valence-electron chi connectivity index (χ0n) is 15.0. The summed E-state index contributed by atoms with van der Waals surface area (Å²) < 4.78 is 7.72. The van der Waals surface area contributed by atoms with E-state index in [1.807, 2.05) is 13.8 Å². The zero-order valence-corrected chi connectivity index (χ0v) is 15.0. The molecule has 1 aromatic carbocycles. The van der Waals surface area contributed by atoms with Crippen molar-refractivity contribution in [3.05, 3.63) is 34.6 Å². The van der Waals surface area contributed by atoms with Gasteiger partial charge in [0.2, 0.25) is 11.9 Å². The van der Waals surface area contributed by atoms with E-state index in [1.54, 1.807) is 16.8 Å². The highest BCUT2D eigenvalue weighted by atomic mass is 16.5. The first-order valence-electron chi connectivity index (χ1n) is 8.62. The summed E-state index contributed by atoms with van der Waals surface area (Å²) in [6.45, 7) is 3.68. The number of rotatable bonds is 5. The molecule has 3 aromatic rings. The molecule has 1 amide bonds. The Kier molecular flexibility index (Phi) is 4.22. The Morgan fingerprint density at radius 1 is 1.33 bits per heavy atom. The highest BCUT2D eigenvalue weighted by Crippen LogP contribution is 2.39. The number of fused-ring (bicyclic) bond motifs is 1. The summed E-state index contributed by atoms with van der Waals surface area (Å²) in [7, 11) is 0. The Hall–Kier alpha value is -3.43. The molecule has 10 nitrogen and oxygen atoms in total. The fraction of sp³-hybridized carbons (Fsp3) is 0.353. The van der Waals surface area contributed by atoms with Gasteiger partial charge in [-0.1, -0.05) is 5.10 Å². The van der Waals surface area contributed by atoms with Gasteiger partial charge in [0.1, 0.15) is 23.7 Å². The van der Waals surface area contributed by atoms with Crippen molar-refractivity contribution < 1.29 is 14.6 Å². The van der Waals surface area contributed by atoms with Gasteiger partial charge in [0, 0.05) is 11.1 Å². The minimum absolute atomic E-state index is 0.00438. The highest BCUT2D eigenvalue weighted by Gasteiger charge is 2.22. The summed E-state index contributed by atoms with van der Waals surface area (Å²) >= 11 is 0. The third-order valence-corrected chi connectivity index (χ3v) is 4.64. The molecule has 27 heavy (non-hydrogen) atoms. The van der Waals surface area contributed by atoms with Crippen LogP contribution in [0.25, 0.3) is 0 Å². The van der Waals surface area contributed by atoms with Gasteiger partial charge in [0.25, 0.3) is 0 Å². The number of amides is 1. The molecule has 1 aliphatic rings. The van der Waals surface area contributed by atoms with E-state index in [1.165, 1.54) is 0 Å². The van der Waals surface area contributed by atoms with Gasteiger partial charge < -0.3 is 9.84 Å². The maximum absolute atomic E-state index is 12.1. The number of tetrazole rings is 1. The van der Waals surface area contributed by atoms with E-state index in [9.17, 15) is 9.90 Å². The number of nitrogens with zero attached hydrogens (tertiary/aromatic N) is 5. The molecular formula is C17H19N7O3. The maximum atomic E-state index is 12.1. The Balaban J connectivity index is 1.55. The summed E-state index contributed by atoms with van der Waals surface area (Å²) in [5, 5.41) is 29.9. The standard InChI is InChI=1S/C17H19N7O3/c1-9-16(27-14-7-6-13(25)11-4-3-5-12(11)14)10(2)24(21-9)8-15(26)18-17-19-22-23-20-17/h6-7,25H,3-5,8H2,1-2H3,(H2,18,19,20,22,23,26). The van der Waals surface area contributed by atoms with Crippen LogP contribution in [-0.4, -0.2) is 41.4 Å². The molecule has 4 rings (SSSR count). The van der Waals surface area contributed by atoms with Crippen LogP contribution in [0.1, 0.15) is 28.9 Å². The average Bonchev–Trinajstić information content (AvgIpc) is 3.36. The van der Waals surface area contributed by atoms with Crippen molar-refractivity contribution in [3.8, 4) is 17.2 Å². The van der Waals surface area contributed by atoms with Crippen molar-refractivity contribution in [2.24, 2.45) is 0 Å². The second kappa shape index (κ2) is 6.71. The molecule has 0 aliphatic heterocycles. The minimum Gasteiger partial charge on any atom is -0.508 e. The van der Waals surface area contributed by atoms with Crippen LogP contribution >= 0.6 is 0 Å². The summed E-state index contributed by atoms with van der Waals surface area (Å²) in [5.74, 6) is 1.53. The van der Waals surface area contributed by atoms with Gasteiger partial charge in [-0.3, -0.25) is 14.8 Å². The topological polar surface area (TPSA) is 131 Å². The summed E-state index contributed by atoms with van der Waals surface area (Å²) in [5.41, 5.74) is 3.41. The van der Waals surface area contributed by atoms with E-state index in [0.717, 1.165) is 41.8 Å². The van der Waals surface area contributed by atoms with Crippen molar-refractivity contribution in [2.75, 3.05) is 5.32 Å². The van der Waals surface area contributed by atoms with Crippen molar-refractivity contribution in [1.82, 2.24) is 30.4 Å². The molecule has 0 spiro atoms. The number of carbonyl (C=O) groups excluding carboxylic acids is 1. The number of aromatic nitrogens is 6. The lowest BCUT2D eigenvalue weighted by molar-refractivity contribution is -0.117. The number of H-pyrrole nitrogens is 1. The molecule has 0 saturated carbocycles. The van der Waals surface area contributed by atoms with Gasteiger partial charge in [-0.2, -0.15) is 5.10 Å². The van der Waals surface area contributed by atoms with E-state index < -0.39 is 0 Å². The van der Waals surface area contributed by atoms with E-state index in [0.29, 0.717) is 17.2 Å². The largest absolute Gasteiger partial charge is 0.508 e. The smallest absolute Gasteiger partial charge is 0.248 e. The van der Waals surface area contributed by atoms with Gasteiger partial charge >= 0.3 is 0 Å². The minimum atomic E-state index is -0.309. The van der Waals surface area contributed by atoms with E-state index in [-0.39, 0.29) is 18.4 Å². The van der Waals surface area contributed by atoms with Crippen molar-refractivity contribution in [3.63, 3.8) is 0 Å². The predicted octanol–water partition coefficient (Wildman–Crippen LogP) is 1.64. The lowest BCUT2D eigenvalue weighted by Gasteiger charge is -2.12. The van der Waals surface area contributed by atoms with E-state index >= 15 is 0 Å². The molecule has 10 heteroatoms. The van der Waals surface area contributed by atoms with Crippen molar-refractivity contribution in [1.29, 1.82) is 0 Å². The van der Waals surface area contributed by atoms with Crippen LogP contribution in [0.15, 0.2) is 12.1 Å². The number of nitrogens with one attached hydrogen (secondary N) is 2. The van der Waals surface area contributed by atoms with Crippen LogP contribution < -0.4 is 10.1 Å². The van der Waals surface area contributed by atoms with Crippen LogP contribution in [0.5, 0.6) is 17.2 Å². The number of carbonyl (C=O) groups is 1. The quantitative estimate of drug-likeness (QED) is 0.623. The van der Waals surface area contributed by atoms with Crippen LogP contribution in [0, 0.1) is 13.8 Å². The van der Waals surface area contributed by atoms with Gasteiger partial charge in [-0.25, -0.2) is 5.10 Å². The number of hydrogen-bond donors (Lipinski definition) is 3. The highest BCUT2D eigenvalue weighted by molar-refractivity contribution is 5.88. The number of anilines is 1. The Bertz CT molecular complexity index is 995. The normalized spacial score (nSPS) is 12.8. The van der Waals surface area contributed by atoms with Gasteiger partial charge in [-0.05, 0) is 55.7 Å². The fourth-order valence-electron chi connectivity index (χ4n) is 3.36. The lowest BCUT2D eigenvalue weighted by atomic mass is 10.1. The second-order valence-corrected chi connectivity index (χ2v) is 6.45. The summed E-state index contributed by atoms with van der Waals surface area (Å²) in [4.78, 5) is 12.1. The van der Waals surface area contributed by atoms with Gasteiger partial charge in [-0.15, -0.1) is 0 Å². The zero-order chi connectivity index (χ0) is 19.0. The van der Waals surface area contributed by atoms with Crippen LogP contribution in [0.3, 0.4) is 0 Å². The van der Waals surface area contributed by atoms with Crippen molar-refractivity contribution >= 4 is 11.9 Å². The predicted molar refractivity (Wildman–Crippen MR) is 94.7 cm³/mol. The first-order chi connectivity index (χ1) is 13.0. The number of aromatic amines is 1. The SMILES string of the molecule is Cc1nn(CC(=O)Nc2nnn[nH]2)c(C)c1Oc1ccc(O)c2c1CCC2. The number of phenols is 1. The van der Waals surface area contributed by atoms with Crippen molar-refractivity contribution in [2.45, 2.75) is 39.7 Å². The first-order valence-corrected chi connectivity index (χ1v) is 8.62. The third kappa shape index (κ3) is 3.21. The lowest BCUT2D eigenvalue weighted by Crippen LogP contribution is -2.21. The van der Waals surface area contributed by atoms with Gasteiger partial charge in [0.05, 0.1) is 5.69 Å². The van der Waals surface area contributed by atoms with Crippen LogP contribution in [0.4, 0.5) is 5.95 Å². The number of benzene rings is 1. The molecule has 2 heterocycles. The Labute approximate surface area is 154 Å². The monoisotopic (exact) mass is 369 g/mol. The molecule has 0 unspecified atom stereocenters. The summed E-state index contributed by atoms with van der Waals surface area (Å²) in [6, 6.07) is 3.44. The average molecular weight is 369 g/mol. The van der Waals surface area contributed by atoms with E-state index in [2.05, 4.69) is 31.0 Å². The number of hydrogen-bond acceptors (Lipinski definition) is 7. The molecule has 3 N–H and O–H groups in total. The number of ether oxygens (including phenoxy) is 1. The second-order valence-electron chi connectivity index (χ2n) is 6.45. The fourth-order valence-corrected chi connectivity index (χ4v) is 3.36. The Morgan fingerprint density at radius 3 is 2.93 bits per heavy atom. The first kappa shape index (κ1) is 17.0. The molecule has 0 saturated heterocycles. The molecule has 0 radical (unpaired) electrons. The molecule has 0 bridgehead atoms. The maximum Gasteiger partial charge on any atom is 0.248 e. The molecule has 0 fully saturated rings. The number of phenolic OH excluding ortho intramolecular Hbond substituents is 1. The third-order valence-electron chi connectivity index (χ3n) is 4.64. The van der Waals surface area contributed by atoms with Crippen LogP contribution in [0.2, 0.25) is 0 Å².